The molecule has 0 heterocycles. The van der Waals surface area contributed by atoms with Gasteiger partial charge in [0.2, 0.25) is 5.96 Å². The third kappa shape index (κ3) is 2.72. The van der Waals surface area contributed by atoms with E-state index in [4.69, 9.17) is 22.7 Å². The van der Waals surface area contributed by atoms with Crippen LogP contribution in [0.1, 0.15) is 5.56 Å². The smallest absolute Gasteiger partial charge is 0.212 e. The topological polar surface area (TPSA) is 62.2 Å². The molecule has 0 spiro atoms. The number of halogens is 1. The molecular formula is C8H8ClN3. The zero-order valence-electron chi connectivity index (χ0n) is 6.29. The lowest BCUT2D eigenvalue weighted by molar-refractivity contribution is 1.38. The number of nitrogens with two attached hydrogens (primary N) is 1. The molecule has 3 N–H and O–H groups in total. The highest BCUT2D eigenvalue weighted by Gasteiger charge is 1.87. The first-order valence-corrected chi connectivity index (χ1v) is 3.70. The van der Waals surface area contributed by atoms with Crippen molar-refractivity contribution in [2.45, 2.75) is 0 Å². The minimum atomic E-state index is -0.204. The summed E-state index contributed by atoms with van der Waals surface area (Å²) in [5.74, 6) is -0.204. The average Bonchev–Trinajstić information content (AvgIpc) is 2.03. The first kappa shape index (κ1) is 8.74. The van der Waals surface area contributed by atoms with E-state index in [-0.39, 0.29) is 5.96 Å². The van der Waals surface area contributed by atoms with Crippen LogP contribution in [0.2, 0.25) is 5.02 Å². The molecule has 0 atom stereocenters. The largest absolute Gasteiger partial charge is 0.368 e. The van der Waals surface area contributed by atoms with E-state index in [1.807, 2.05) is 0 Å². The van der Waals surface area contributed by atoms with Gasteiger partial charge < -0.3 is 5.73 Å². The highest BCUT2D eigenvalue weighted by molar-refractivity contribution is 6.30. The van der Waals surface area contributed by atoms with Crippen LogP contribution in [0.3, 0.4) is 0 Å². The molecule has 0 aromatic heterocycles. The summed E-state index contributed by atoms with van der Waals surface area (Å²) in [4.78, 5) is 3.62. The molecule has 0 saturated carbocycles. The van der Waals surface area contributed by atoms with E-state index < -0.39 is 0 Å². The van der Waals surface area contributed by atoms with Crippen molar-refractivity contribution >= 4 is 23.8 Å². The highest BCUT2D eigenvalue weighted by atomic mass is 35.5. The van der Waals surface area contributed by atoms with Crippen LogP contribution in [-0.2, 0) is 0 Å². The molecule has 12 heavy (non-hydrogen) atoms. The normalized spacial score (nSPS) is 10.4. The predicted molar refractivity (Wildman–Crippen MR) is 51.0 cm³/mol. The molecule has 0 aliphatic carbocycles. The number of guanidine groups is 1. The van der Waals surface area contributed by atoms with Crippen molar-refractivity contribution in [2.24, 2.45) is 10.7 Å². The molecular weight excluding hydrogens is 174 g/mol. The van der Waals surface area contributed by atoms with Crippen LogP contribution in [-0.4, -0.2) is 12.2 Å². The van der Waals surface area contributed by atoms with Gasteiger partial charge in [0.05, 0.1) is 0 Å². The third-order valence-electron chi connectivity index (χ3n) is 1.22. The summed E-state index contributed by atoms with van der Waals surface area (Å²) in [6, 6.07) is 7.11. The summed E-state index contributed by atoms with van der Waals surface area (Å²) in [6.07, 6.45) is 1.51. The van der Waals surface area contributed by atoms with Gasteiger partial charge in [0.25, 0.3) is 0 Å². The Morgan fingerprint density at radius 3 is 2.50 bits per heavy atom. The molecule has 3 nitrogen and oxygen atoms in total. The van der Waals surface area contributed by atoms with E-state index >= 15 is 0 Å². The van der Waals surface area contributed by atoms with Gasteiger partial charge in [0, 0.05) is 11.2 Å². The molecule has 0 aliphatic rings. The third-order valence-corrected chi connectivity index (χ3v) is 1.47. The number of benzene rings is 1. The summed E-state index contributed by atoms with van der Waals surface area (Å²) in [5.41, 5.74) is 5.90. The van der Waals surface area contributed by atoms with Crippen molar-refractivity contribution < 1.29 is 0 Å². The second-order valence-corrected chi connectivity index (χ2v) is 2.63. The van der Waals surface area contributed by atoms with Crippen molar-refractivity contribution in [2.75, 3.05) is 0 Å². The maximum absolute atomic E-state index is 6.84. The standard InChI is InChI=1S/C8H8ClN3/c9-7-3-1-6(2-4-7)5-12-8(10)11/h1-5H,(H3,10,11)/b12-5+. The zero-order chi connectivity index (χ0) is 8.97. The van der Waals surface area contributed by atoms with Crippen LogP contribution in [0.5, 0.6) is 0 Å². The van der Waals surface area contributed by atoms with Crippen molar-refractivity contribution in [3.8, 4) is 0 Å². The fraction of sp³-hybridized carbons (Fsp3) is 0. The van der Waals surface area contributed by atoms with Gasteiger partial charge >= 0.3 is 0 Å². The Morgan fingerprint density at radius 2 is 2.00 bits per heavy atom. The minimum absolute atomic E-state index is 0.204. The Bertz CT molecular complexity index is 303. The maximum Gasteiger partial charge on any atom is 0.212 e. The van der Waals surface area contributed by atoms with Gasteiger partial charge in [-0.15, -0.1) is 0 Å². The lowest BCUT2D eigenvalue weighted by Crippen LogP contribution is -2.05. The van der Waals surface area contributed by atoms with Gasteiger partial charge in [-0.2, -0.15) is 0 Å². The average molecular weight is 182 g/mol. The molecule has 0 fully saturated rings. The van der Waals surface area contributed by atoms with Crippen molar-refractivity contribution in [1.29, 1.82) is 5.41 Å². The molecule has 0 saturated heterocycles. The van der Waals surface area contributed by atoms with Gasteiger partial charge in [0.15, 0.2) is 0 Å². The molecule has 0 bridgehead atoms. The Kier molecular flexibility index (Phi) is 2.82. The van der Waals surface area contributed by atoms with Crippen LogP contribution in [0.25, 0.3) is 0 Å². The first-order chi connectivity index (χ1) is 5.68. The SMILES string of the molecule is N=C(N)/N=C/c1ccc(Cl)cc1. The predicted octanol–water partition coefficient (Wildman–Crippen LogP) is 1.65. The van der Waals surface area contributed by atoms with Crippen LogP contribution >= 0.6 is 11.6 Å². The maximum atomic E-state index is 6.84. The number of rotatable bonds is 1. The van der Waals surface area contributed by atoms with Crippen LogP contribution < -0.4 is 5.73 Å². The lowest BCUT2D eigenvalue weighted by Gasteiger charge is -1.91. The summed E-state index contributed by atoms with van der Waals surface area (Å²) in [6.45, 7) is 0. The van der Waals surface area contributed by atoms with E-state index in [0.29, 0.717) is 5.02 Å². The van der Waals surface area contributed by atoms with E-state index in [1.54, 1.807) is 24.3 Å². The molecule has 0 amide bonds. The fourth-order valence-electron chi connectivity index (χ4n) is 0.693. The van der Waals surface area contributed by atoms with E-state index in [2.05, 4.69) is 4.99 Å². The molecule has 1 rings (SSSR count). The molecule has 1 aromatic carbocycles. The lowest BCUT2D eigenvalue weighted by atomic mass is 10.2. The van der Waals surface area contributed by atoms with Crippen molar-refractivity contribution in [3.05, 3.63) is 34.9 Å². The Labute approximate surface area is 75.4 Å². The molecule has 1 aromatic rings. The Hall–Kier alpha value is -1.35. The number of aliphatic imine (C=N–C) groups is 1. The van der Waals surface area contributed by atoms with Crippen LogP contribution in [0, 0.1) is 5.41 Å². The summed E-state index contributed by atoms with van der Waals surface area (Å²) in [7, 11) is 0. The van der Waals surface area contributed by atoms with Crippen LogP contribution in [0.15, 0.2) is 29.3 Å². The quantitative estimate of drug-likeness (QED) is 0.502. The van der Waals surface area contributed by atoms with Gasteiger partial charge in [0.1, 0.15) is 0 Å². The number of nitrogens with one attached hydrogen (secondary N) is 1. The number of hydrogen-bond donors (Lipinski definition) is 2. The van der Waals surface area contributed by atoms with Gasteiger partial charge in [-0.25, -0.2) is 4.99 Å². The van der Waals surface area contributed by atoms with Gasteiger partial charge in [-0.3, -0.25) is 5.41 Å². The zero-order valence-corrected chi connectivity index (χ0v) is 7.05. The second kappa shape index (κ2) is 3.88. The van der Waals surface area contributed by atoms with Crippen molar-refractivity contribution in [1.82, 2.24) is 0 Å². The van der Waals surface area contributed by atoms with E-state index in [0.717, 1.165) is 5.56 Å². The molecule has 0 aliphatic heterocycles. The van der Waals surface area contributed by atoms with Gasteiger partial charge in [-0.05, 0) is 17.7 Å². The monoisotopic (exact) mass is 181 g/mol. The first-order valence-electron chi connectivity index (χ1n) is 3.32. The second-order valence-electron chi connectivity index (χ2n) is 2.19. The van der Waals surface area contributed by atoms with Gasteiger partial charge in [-0.1, -0.05) is 23.7 Å². The summed E-state index contributed by atoms with van der Waals surface area (Å²) in [5, 5.41) is 7.52. The van der Waals surface area contributed by atoms with E-state index in [1.165, 1.54) is 6.21 Å². The Morgan fingerprint density at radius 1 is 1.42 bits per heavy atom. The molecule has 0 radical (unpaired) electrons. The fourth-order valence-corrected chi connectivity index (χ4v) is 0.819. The minimum Gasteiger partial charge on any atom is -0.368 e. The number of nitrogens with zero attached hydrogens (tertiary/aromatic N) is 1. The van der Waals surface area contributed by atoms with Crippen molar-refractivity contribution in [3.63, 3.8) is 0 Å². The number of hydrogen-bond acceptors (Lipinski definition) is 1. The highest BCUT2D eigenvalue weighted by Crippen LogP contribution is 2.07. The summed E-state index contributed by atoms with van der Waals surface area (Å²) < 4.78 is 0. The molecule has 62 valence electrons. The molecule has 4 heteroatoms. The summed E-state index contributed by atoms with van der Waals surface area (Å²) >= 11 is 5.66. The Balaban J connectivity index is 2.77. The van der Waals surface area contributed by atoms with Crippen LogP contribution in [0.4, 0.5) is 0 Å². The van der Waals surface area contributed by atoms with E-state index in [9.17, 15) is 0 Å². The molecule has 0 unspecified atom stereocenters.